The van der Waals surface area contributed by atoms with Gasteiger partial charge in [0.1, 0.15) is 5.82 Å². The van der Waals surface area contributed by atoms with Gasteiger partial charge in [0, 0.05) is 55.4 Å². The predicted octanol–water partition coefficient (Wildman–Crippen LogP) is 14.1. The van der Waals surface area contributed by atoms with E-state index in [2.05, 4.69) is 216 Å². The van der Waals surface area contributed by atoms with Crippen molar-refractivity contribution in [2.24, 2.45) is 0 Å². The van der Waals surface area contributed by atoms with E-state index in [1.165, 1.54) is 38.8 Å². The van der Waals surface area contributed by atoms with E-state index in [1.54, 1.807) is 0 Å². The number of pyridine rings is 1. The number of ether oxygens (including phenoxy) is 1. The molecule has 0 amide bonds. The molecule has 6 aromatic carbocycles. The molecule has 1 aliphatic heterocycles. The summed E-state index contributed by atoms with van der Waals surface area (Å²) in [7, 11) is 0. The van der Waals surface area contributed by atoms with Crippen LogP contribution in [0.1, 0.15) is 77.6 Å². The van der Waals surface area contributed by atoms with Gasteiger partial charge in [-0.25, -0.2) is 4.98 Å². The van der Waals surface area contributed by atoms with E-state index < -0.39 is 0 Å². The number of anilines is 2. The summed E-state index contributed by atoms with van der Waals surface area (Å²) in [6, 6.07) is 56.6. The Kier molecular flexibility index (Phi) is 11.1. The molecular weight excluding hydrogens is 928 g/mol. The molecule has 0 unspecified atom stereocenters. The van der Waals surface area contributed by atoms with Gasteiger partial charge in [-0.2, -0.15) is 12.1 Å². The molecule has 0 bridgehead atoms. The molecular formula is C55H51N4OPt-3. The number of benzene rings is 6. The zero-order valence-electron chi connectivity index (χ0n) is 36.1. The summed E-state index contributed by atoms with van der Waals surface area (Å²) in [6.45, 7) is 20.2. The van der Waals surface area contributed by atoms with Crippen LogP contribution in [0.15, 0.2) is 158 Å². The number of nitrogens with zero attached hydrogens (tertiary/aromatic N) is 4. The minimum atomic E-state index is -0.208. The molecule has 0 saturated carbocycles. The first-order chi connectivity index (χ1) is 28.7. The normalized spacial score (nSPS) is 13.2. The summed E-state index contributed by atoms with van der Waals surface area (Å²) in [4.78, 5) is 9.14. The molecule has 310 valence electrons. The van der Waals surface area contributed by atoms with Crippen LogP contribution in [0.4, 0.5) is 11.4 Å². The van der Waals surface area contributed by atoms with Crippen LogP contribution in [0.25, 0.3) is 38.8 Å². The van der Waals surface area contributed by atoms with Crippen LogP contribution in [0.3, 0.4) is 0 Å². The third-order valence-electron chi connectivity index (χ3n) is 11.8. The summed E-state index contributed by atoms with van der Waals surface area (Å²) in [5.74, 6) is 2.07. The molecule has 0 spiro atoms. The molecule has 1 aliphatic rings. The van der Waals surface area contributed by atoms with Gasteiger partial charge < -0.3 is 19.1 Å². The molecule has 6 heteroatoms. The number of hydrogen-bond donors (Lipinski definition) is 0. The fourth-order valence-corrected chi connectivity index (χ4v) is 8.05. The van der Waals surface area contributed by atoms with Gasteiger partial charge in [0.25, 0.3) is 0 Å². The van der Waals surface area contributed by atoms with Crippen LogP contribution in [0.5, 0.6) is 11.5 Å². The second kappa shape index (κ2) is 16.2. The van der Waals surface area contributed by atoms with E-state index in [-0.39, 0.29) is 37.3 Å². The Morgan fingerprint density at radius 2 is 1.23 bits per heavy atom. The molecule has 2 aromatic heterocycles. The van der Waals surface area contributed by atoms with Crippen LogP contribution >= 0.6 is 0 Å². The molecule has 0 aliphatic carbocycles. The van der Waals surface area contributed by atoms with Crippen molar-refractivity contribution >= 4 is 33.2 Å². The fraction of sp³-hybridized carbons (Fsp3) is 0.200. The largest absolute Gasteiger partial charge is 0.509 e. The summed E-state index contributed by atoms with van der Waals surface area (Å²) in [5.41, 5.74) is 11.1. The second-order valence-corrected chi connectivity index (χ2v) is 18.4. The number of hydrogen-bond acceptors (Lipinski definition) is 4. The van der Waals surface area contributed by atoms with E-state index in [9.17, 15) is 0 Å². The van der Waals surface area contributed by atoms with Crippen LogP contribution < -0.4 is 14.5 Å². The average Bonchev–Trinajstić information content (AvgIpc) is 3.87. The van der Waals surface area contributed by atoms with Gasteiger partial charge in [-0.15, -0.1) is 48.1 Å². The molecule has 0 saturated heterocycles. The third kappa shape index (κ3) is 8.29. The van der Waals surface area contributed by atoms with E-state index in [0.29, 0.717) is 11.5 Å². The first kappa shape index (κ1) is 41.8. The molecule has 5 nitrogen and oxygen atoms in total. The molecule has 0 fully saturated rings. The Labute approximate surface area is 375 Å². The third-order valence-corrected chi connectivity index (χ3v) is 11.8. The monoisotopic (exact) mass is 978 g/mol. The number of fused-ring (bicyclic) bond motifs is 3. The molecule has 8 aromatic rings. The topological polar surface area (TPSA) is 33.5 Å². The Balaban J connectivity index is 0.00000514. The average molecular weight is 979 g/mol. The van der Waals surface area contributed by atoms with Crippen molar-refractivity contribution in [3.8, 4) is 28.4 Å². The Morgan fingerprint density at radius 1 is 0.541 bits per heavy atom. The van der Waals surface area contributed by atoms with Crippen molar-refractivity contribution in [3.63, 3.8) is 0 Å². The van der Waals surface area contributed by atoms with Crippen LogP contribution in [-0.4, -0.2) is 9.55 Å². The Hall–Kier alpha value is -5.90. The fourth-order valence-electron chi connectivity index (χ4n) is 8.05. The minimum absolute atomic E-state index is 0. The zero-order valence-corrected chi connectivity index (χ0v) is 38.4. The molecule has 0 N–H and O–H groups in total. The van der Waals surface area contributed by atoms with Gasteiger partial charge in [-0.3, -0.25) is 0 Å². The first-order valence-corrected chi connectivity index (χ1v) is 20.8. The van der Waals surface area contributed by atoms with Crippen molar-refractivity contribution in [2.75, 3.05) is 9.80 Å². The standard InChI is InChI=1S/C55H51N4O.Pt/c1-53(2,3)41-22-25-50-49(33-41)48-24-23-47(36-51(48)59(50)52-34-42(26-27-56-52)54(4,5)6)60-46-21-15-20-44(35-46)57-28-29-58(37-57)45-31-39(38-16-11-9-12-17-38)30-43(32-45)55(7,8)40-18-13-10-14-19-40;/h9-34,37H,1-8H3;/q-3;. The van der Waals surface area contributed by atoms with Gasteiger partial charge in [0.2, 0.25) is 0 Å². The molecule has 3 heterocycles. The van der Waals surface area contributed by atoms with Crippen molar-refractivity contribution in [3.05, 3.63) is 199 Å². The Morgan fingerprint density at radius 3 is 1.97 bits per heavy atom. The summed E-state index contributed by atoms with van der Waals surface area (Å²) in [5, 5.41) is 2.27. The SMILES string of the molecule is CC(C)(C)c1ccnc(-n2c3[c-]c(Oc4[c-]c(N5C=CN(c6cc(-c7ccccc7)cc(C(C)(C)c7ccccc7)c6)[CH-]5)ccc4)ccc3c3cc(C(C)(C)C)ccc32)c1.[Pt]. The zero-order chi connectivity index (χ0) is 41.8. The van der Waals surface area contributed by atoms with E-state index in [1.807, 2.05) is 30.5 Å². The molecule has 0 radical (unpaired) electrons. The van der Waals surface area contributed by atoms with E-state index >= 15 is 0 Å². The van der Waals surface area contributed by atoms with Crippen molar-refractivity contribution in [2.45, 2.75) is 71.6 Å². The van der Waals surface area contributed by atoms with Gasteiger partial charge in [0.15, 0.2) is 0 Å². The van der Waals surface area contributed by atoms with Crippen molar-refractivity contribution in [1.29, 1.82) is 0 Å². The van der Waals surface area contributed by atoms with Crippen molar-refractivity contribution in [1.82, 2.24) is 9.55 Å². The molecule has 9 rings (SSSR count). The number of aromatic nitrogens is 2. The first-order valence-electron chi connectivity index (χ1n) is 20.8. The maximum Gasteiger partial charge on any atom is 0.135 e. The summed E-state index contributed by atoms with van der Waals surface area (Å²) < 4.78 is 8.80. The summed E-state index contributed by atoms with van der Waals surface area (Å²) in [6.07, 6.45) is 6.07. The van der Waals surface area contributed by atoms with E-state index in [0.717, 1.165) is 33.6 Å². The predicted molar refractivity (Wildman–Crippen MR) is 249 cm³/mol. The van der Waals surface area contributed by atoms with Gasteiger partial charge in [-0.1, -0.05) is 140 Å². The van der Waals surface area contributed by atoms with Gasteiger partial charge >= 0.3 is 0 Å². The Bertz CT molecular complexity index is 2880. The number of rotatable bonds is 8. The van der Waals surface area contributed by atoms with Gasteiger partial charge in [-0.05, 0) is 92.3 Å². The smallest absolute Gasteiger partial charge is 0.135 e. The van der Waals surface area contributed by atoms with Gasteiger partial charge in [0.05, 0.1) is 0 Å². The molecule has 61 heavy (non-hydrogen) atoms. The quantitative estimate of drug-likeness (QED) is 0.142. The van der Waals surface area contributed by atoms with Crippen molar-refractivity contribution < 1.29 is 25.8 Å². The second-order valence-electron chi connectivity index (χ2n) is 18.4. The molecule has 0 atom stereocenters. The van der Waals surface area contributed by atoms with Crippen LogP contribution in [0, 0.1) is 18.8 Å². The minimum Gasteiger partial charge on any atom is -0.509 e. The van der Waals surface area contributed by atoms with Crippen LogP contribution in [0.2, 0.25) is 0 Å². The summed E-state index contributed by atoms with van der Waals surface area (Å²) >= 11 is 0. The maximum absolute atomic E-state index is 6.58. The maximum atomic E-state index is 6.58. The van der Waals surface area contributed by atoms with Crippen LogP contribution in [-0.2, 0) is 37.3 Å². The van der Waals surface area contributed by atoms with E-state index in [4.69, 9.17) is 9.72 Å².